The first-order valence-corrected chi connectivity index (χ1v) is 14.4. The van der Waals surface area contributed by atoms with Crippen LogP contribution in [0.2, 0.25) is 0 Å². The van der Waals surface area contributed by atoms with Gasteiger partial charge < -0.3 is 33.3 Å². The van der Waals surface area contributed by atoms with Gasteiger partial charge in [-0.2, -0.15) is 0 Å². The van der Waals surface area contributed by atoms with Gasteiger partial charge in [0.15, 0.2) is 11.5 Å². The fraction of sp³-hybridized carbons (Fsp3) is 0.500. The zero-order valence-corrected chi connectivity index (χ0v) is 24.8. The predicted octanol–water partition coefficient (Wildman–Crippen LogP) is 4.99. The van der Waals surface area contributed by atoms with Crippen LogP contribution >= 0.6 is 0 Å². The Labute approximate surface area is 241 Å². The minimum Gasteiger partial charge on any atom is -0.496 e. The average Bonchev–Trinajstić information content (AvgIpc) is 2.94. The maximum absolute atomic E-state index is 13.4. The molecule has 1 amide bonds. The standard InChI is InChI=1S/C32H41N3O6/c1-22-6-8-25-26(18-22)34(30(36)20-28(25)38-5)15-14-33-12-10-24(11-13-33)35(31(37)41-32(2,3)4)21-23-7-9-27-29(19-23)40-17-16-39-27/h6-9,18-20,24H,10-17,21H2,1-5H3. The van der Waals surface area contributed by atoms with Crippen LogP contribution in [-0.4, -0.2) is 72.1 Å². The highest BCUT2D eigenvalue weighted by Crippen LogP contribution is 2.32. The molecule has 2 aliphatic heterocycles. The first kappa shape index (κ1) is 28.8. The minimum absolute atomic E-state index is 0.0430. The molecule has 0 bridgehead atoms. The van der Waals surface area contributed by atoms with E-state index in [0.29, 0.717) is 37.8 Å². The van der Waals surface area contributed by atoms with Gasteiger partial charge in [0.25, 0.3) is 5.56 Å². The zero-order valence-electron chi connectivity index (χ0n) is 24.8. The van der Waals surface area contributed by atoms with E-state index in [1.54, 1.807) is 13.2 Å². The van der Waals surface area contributed by atoms with Gasteiger partial charge in [-0.25, -0.2) is 4.79 Å². The van der Waals surface area contributed by atoms with Crippen LogP contribution in [0, 0.1) is 6.92 Å². The molecule has 3 heterocycles. The van der Waals surface area contributed by atoms with Crippen LogP contribution in [0.5, 0.6) is 17.2 Å². The third kappa shape index (κ3) is 6.78. The molecule has 0 N–H and O–H groups in total. The number of pyridine rings is 1. The van der Waals surface area contributed by atoms with Crippen molar-refractivity contribution in [1.82, 2.24) is 14.4 Å². The molecule has 0 unspecified atom stereocenters. The molecule has 2 aliphatic rings. The number of aromatic nitrogens is 1. The minimum atomic E-state index is -0.588. The lowest BCUT2D eigenvalue weighted by Gasteiger charge is -2.39. The van der Waals surface area contributed by atoms with Gasteiger partial charge in [-0.05, 0) is 75.9 Å². The van der Waals surface area contributed by atoms with Gasteiger partial charge in [0.05, 0.1) is 12.6 Å². The number of rotatable bonds is 7. The Bertz CT molecular complexity index is 1450. The van der Waals surface area contributed by atoms with Crippen molar-refractivity contribution in [3.05, 3.63) is 63.9 Å². The number of hydrogen-bond donors (Lipinski definition) is 0. The number of hydrogen-bond acceptors (Lipinski definition) is 7. The van der Waals surface area contributed by atoms with E-state index >= 15 is 0 Å². The summed E-state index contributed by atoms with van der Waals surface area (Å²) in [6, 6.07) is 13.6. The van der Waals surface area contributed by atoms with Gasteiger partial charge in [0, 0.05) is 50.2 Å². The fourth-order valence-corrected chi connectivity index (χ4v) is 5.60. The largest absolute Gasteiger partial charge is 0.496 e. The number of ether oxygens (including phenoxy) is 4. The molecule has 1 saturated heterocycles. The maximum atomic E-state index is 13.4. The van der Waals surface area contributed by atoms with Crippen molar-refractivity contribution in [2.75, 3.05) is 40.0 Å². The van der Waals surface area contributed by atoms with E-state index < -0.39 is 5.60 Å². The predicted molar refractivity (Wildman–Crippen MR) is 158 cm³/mol. The van der Waals surface area contributed by atoms with E-state index in [0.717, 1.165) is 60.3 Å². The topological polar surface area (TPSA) is 82.5 Å². The molecule has 220 valence electrons. The van der Waals surface area contributed by atoms with Crippen LogP contribution in [0.15, 0.2) is 47.3 Å². The summed E-state index contributed by atoms with van der Waals surface area (Å²) in [5.74, 6) is 2.04. The first-order valence-electron chi connectivity index (χ1n) is 14.4. The molecule has 0 aliphatic carbocycles. The third-order valence-corrected chi connectivity index (χ3v) is 7.68. The maximum Gasteiger partial charge on any atom is 0.410 e. The summed E-state index contributed by atoms with van der Waals surface area (Å²) in [6.45, 7) is 12.2. The number of benzene rings is 2. The van der Waals surface area contributed by atoms with E-state index in [1.165, 1.54) is 0 Å². The molecule has 3 aromatic rings. The van der Waals surface area contributed by atoms with Crippen molar-refractivity contribution in [3.8, 4) is 17.2 Å². The average molecular weight is 564 g/mol. The second kappa shape index (κ2) is 12.0. The number of amides is 1. The Morgan fingerprint density at radius 3 is 2.44 bits per heavy atom. The zero-order chi connectivity index (χ0) is 29.1. The Morgan fingerprint density at radius 2 is 1.73 bits per heavy atom. The van der Waals surface area contributed by atoms with E-state index in [2.05, 4.69) is 4.90 Å². The normalized spacial score (nSPS) is 16.0. The van der Waals surface area contributed by atoms with Crippen LogP contribution in [0.1, 0.15) is 44.7 Å². The van der Waals surface area contributed by atoms with Gasteiger partial charge in [-0.15, -0.1) is 0 Å². The number of carbonyl (C=O) groups excluding carboxylic acids is 1. The summed E-state index contributed by atoms with van der Waals surface area (Å²) in [5, 5.41) is 0.934. The lowest BCUT2D eigenvalue weighted by molar-refractivity contribution is 0.00562. The summed E-state index contributed by atoms with van der Waals surface area (Å²) in [6.07, 6.45) is 1.33. The molecule has 0 atom stereocenters. The number of carbonyl (C=O) groups is 1. The van der Waals surface area contributed by atoms with E-state index in [9.17, 15) is 9.59 Å². The molecule has 5 rings (SSSR count). The second-order valence-corrected chi connectivity index (χ2v) is 11.9. The summed E-state index contributed by atoms with van der Waals surface area (Å²) in [5.41, 5.74) is 2.31. The third-order valence-electron chi connectivity index (χ3n) is 7.68. The quantitative estimate of drug-likeness (QED) is 0.401. The second-order valence-electron chi connectivity index (χ2n) is 11.9. The van der Waals surface area contributed by atoms with E-state index in [1.807, 2.05) is 73.6 Å². The highest BCUT2D eigenvalue weighted by Gasteiger charge is 2.31. The van der Waals surface area contributed by atoms with Crippen molar-refractivity contribution in [2.24, 2.45) is 0 Å². The van der Waals surface area contributed by atoms with Crippen LogP contribution in [0.4, 0.5) is 4.79 Å². The summed E-state index contributed by atoms with van der Waals surface area (Å²) < 4.78 is 24.6. The molecule has 1 fully saturated rings. The summed E-state index contributed by atoms with van der Waals surface area (Å²) in [4.78, 5) is 30.6. The van der Waals surface area contributed by atoms with Gasteiger partial charge in [-0.3, -0.25) is 4.79 Å². The van der Waals surface area contributed by atoms with Crippen LogP contribution in [-0.2, 0) is 17.8 Å². The van der Waals surface area contributed by atoms with Crippen LogP contribution in [0.25, 0.3) is 10.9 Å². The lowest BCUT2D eigenvalue weighted by Crippen LogP contribution is -2.49. The van der Waals surface area contributed by atoms with Gasteiger partial charge in [0.1, 0.15) is 24.6 Å². The number of aryl methyl sites for hydroxylation is 1. The molecule has 0 radical (unpaired) electrons. The van der Waals surface area contributed by atoms with Gasteiger partial charge in [0.2, 0.25) is 0 Å². The summed E-state index contributed by atoms with van der Waals surface area (Å²) in [7, 11) is 1.59. The number of methoxy groups -OCH3 is 1. The van der Waals surface area contributed by atoms with Gasteiger partial charge >= 0.3 is 6.09 Å². The number of nitrogens with zero attached hydrogens (tertiary/aromatic N) is 3. The smallest absolute Gasteiger partial charge is 0.410 e. The Hall–Kier alpha value is -3.72. The highest BCUT2D eigenvalue weighted by molar-refractivity contribution is 5.86. The Balaban J connectivity index is 1.27. The SMILES string of the molecule is COc1cc(=O)n(CCN2CCC(N(Cc3ccc4c(c3)OCCO4)C(=O)OC(C)(C)C)CC2)c2cc(C)ccc12. The van der Waals surface area contributed by atoms with Crippen molar-refractivity contribution in [1.29, 1.82) is 0 Å². The van der Waals surface area contributed by atoms with Crippen molar-refractivity contribution >= 4 is 17.0 Å². The molecule has 2 aromatic carbocycles. The van der Waals surface area contributed by atoms with Crippen molar-refractivity contribution in [3.63, 3.8) is 0 Å². The molecule has 0 spiro atoms. The van der Waals surface area contributed by atoms with Crippen LogP contribution < -0.4 is 19.8 Å². The Kier molecular flexibility index (Phi) is 8.45. The fourth-order valence-electron chi connectivity index (χ4n) is 5.60. The molecule has 9 nitrogen and oxygen atoms in total. The first-order chi connectivity index (χ1) is 19.6. The number of piperidine rings is 1. The molecular formula is C32H41N3O6. The number of likely N-dealkylation sites (tertiary alicyclic amines) is 1. The van der Waals surface area contributed by atoms with Crippen molar-refractivity contribution < 1.29 is 23.7 Å². The molecule has 1 aromatic heterocycles. The molecule has 9 heteroatoms. The van der Waals surface area contributed by atoms with E-state index in [-0.39, 0.29) is 17.7 Å². The lowest BCUT2D eigenvalue weighted by atomic mass is 10.0. The Morgan fingerprint density at radius 1 is 1.00 bits per heavy atom. The van der Waals surface area contributed by atoms with Crippen molar-refractivity contribution in [2.45, 2.75) is 65.3 Å². The number of fused-ring (bicyclic) bond motifs is 2. The molecule has 0 saturated carbocycles. The molecule has 41 heavy (non-hydrogen) atoms. The monoisotopic (exact) mass is 563 g/mol. The highest BCUT2D eigenvalue weighted by atomic mass is 16.6. The summed E-state index contributed by atoms with van der Waals surface area (Å²) >= 11 is 0. The van der Waals surface area contributed by atoms with Gasteiger partial charge in [-0.1, -0.05) is 12.1 Å². The van der Waals surface area contributed by atoms with E-state index in [4.69, 9.17) is 18.9 Å². The van der Waals surface area contributed by atoms with Crippen LogP contribution in [0.3, 0.4) is 0 Å². The molecular weight excluding hydrogens is 522 g/mol.